The molecule has 0 N–H and O–H groups in total. The van der Waals surface area contributed by atoms with E-state index in [1.807, 2.05) is 16.3 Å². The molecular formula is C18H23N7S2. The normalized spacial score (nSPS) is 19.0. The first-order valence-corrected chi connectivity index (χ1v) is 10.8. The SMILES string of the molecule is Cn1cnnc1C1CCN(Cn2nc(-c3cccs3)n(C3CC3)c2=S)CC1. The van der Waals surface area contributed by atoms with E-state index in [0.717, 1.165) is 49.0 Å². The van der Waals surface area contributed by atoms with E-state index in [2.05, 4.69) is 37.2 Å². The van der Waals surface area contributed by atoms with Gasteiger partial charge in [-0.3, -0.25) is 9.47 Å². The van der Waals surface area contributed by atoms with Gasteiger partial charge in [0.05, 0.1) is 11.5 Å². The molecule has 1 saturated carbocycles. The first kappa shape index (κ1) is 17.3. The van der Waals surface area contributed by atoms with Crippen LogP contribution in [0.1, 0.15) is 43.5 Å². The summed E-state index contributed by atoms with van der Waals surface area (Å²) in [4.78, 5) is 3.65. The van der Waals surface area contributed by atoms with E-state index >= 15 is 0 Å². The van der Waals surface area contributed by atoms with Crippen LogP contribution in [0.5, 0.6) is 0 Å². The molecule has 0 unspecified atom stereocenters. The molecule has 2 aliphatic rings. The van der Waals surface area contributed by atoms with Gasteiger partial charge in [0.2, 0.25) is 0 Å². The minimum atomic E-state index is 0.493. The van der Waals surface area contributed by atoms with Gasteiger partial charge in [0.1, 0.15) is 12.2 Å². The van der Waals surface area contributed by atoms with E-state index < -0.39 is 0 Å². The lowest BCUT2D eigenvalue weighted by molar-refractivity contribution is 0.157. The van der Waals surface area contributed by atoms with E-state index in [1.165, 1.54) is 17.7 Å². The maximum absolute atomic E-state index is 5.80. The summed E-state index contributed by atoms with van der Waals surface area (Å²) >= 11 is 7.53. The maximum atomic E-state index is 5.80. The van der Waals surface area contributed by atoms with Crippen LogP contribution in [0.15, 0.2) is 23.8 Å². The summed E-state index contributed by atoms with van der Waals surface area (Å²) < 4.78 is 7.19. The Morgan fingerprint density at radius 2 is 2.04 bits per heavy atom. The van der Waals surface area contributed by atoms with Gasteiger partial charge in [-0.05, 0) is 49.3 Å². The molecule has 0 atom stereocenters. The van der Waals surface area contributed by atoms with E-state index in [0.29, 0.717) is 12.0 Å². The average molecular weight is 402 g/mol. The van der Waals surface area contributed by atoms with Gasteiger partial charge in [0.25, 0.3) is 0 Å². The van der Waals surface area contributed by atoms with Gasteiger partial charge >= 0.3 is 0 Å². The van der Waals surface area contributed by atoms with Gasteiger partial charge in [-0.25, -0.2) is 4.68 Å². The van der Waals surface area contributed by atoms with Gasteiger partial charge in [-0.2, -0.15) is 0 Å². The first-order valence-electron chi connectivity index (χ1n) is 9.50. The lowest BCUT2D eigenvalue weighted by Gasteiger charge is -2.30. The average Bonchev–Trinajstić information content (AvgIpc) is 3.06. The highest BCUT2D eigenvalue weighted by Crippen LogP contribution is 2.39. The number of rotatable bonds is 5. The molecule has 1 saturated heterocycles. The molecule has 1 aliphatic carbocycles. The maximum Gasteiger partial charge on any atom is 0.199 e. The molecule has 0 aromatic carbocycles. The lowest BCUT2D eigenvalue weighted by Crippen LogP contribution is -2.35. The third-order valence-corrected chi connectivity index (χ3v) is 6.83. The van der Waals surface area contributed by atoms with E-state index in [-0.39, 0.29) is 0 Å². The Hall–Kier alpha value is -1.84. The molecule has 0 spiro atoms. The zero-order chi connectivity index (χ0) is 18.4. The molecule has 27 heavy (non-hydrogen) atoms. The number of nitrogens with zero attached hydrogens (tertiary/aromatic N) is 7. The Balaban J connectivity index is 1.33. The number of thiophene rings is 1. The molecule has 9 heteroatoms. The van der Waals surface area contributed by atoms with Crippen LogP contribution in [0.2, 0.25) is 0 Å². The predicted octanol–water partition coefficient (Wildman–Crippen LogP) is 3.44. The summed E-state index contributed by atoms with van der Waals surface area (Å²) in [5.74, 6) is 2.63. The summed E-state index contributed by atoms with van der Waals surface area (Å²) in [6, 6.07) is 4.75. The Kier molecular flexibility index (Phi) is 4.45. The van der Waals surface area contributed by atoms with Crippen LogP contribution in [0.4, 0.5) is 0 Å². The standard InChI is InChI=1S/C18H23N7S2/c1-22-11-19-20-16(22)13-6-8-23(9-7-13)12-24-18(26)25(14-4-5-14)17(21-24)15-3-2-10-27-15/h2-3,10-11,13-14H,4-9,12H2,1H3. The quantitative estimate of drug-likeness (QED) is 0.613. The number of aryl methyl sites for hydroxylation is 1. The van der Waals surface area contributed by atoms with Crippen molar-refractivity contribution >= 4 is 23.6 Å². The van der Waals surface area contributed by atoms with Gasteiger partial charge in [0.15, 0.2) is 10.6 Å². The fraction of sp³-hybridized carbons (Fsp3) is 0.556. The highest BCUT2D eigenvalue weighted by atomic mass is 32.1. The van der Waals surface area contributed by atoms with Crippen molar-refractivity contribution in [2.75, 3.05) is 13.1 Å². The number of likely N-dealkylation sites (tertiary alicyclic amines) is 1. The Labute approximate surface area is 167 Å². The molecule has 5 rings (SSSR count). The number of piperidine rings is 1. The number of hydrogen-bond acceptors (Lipinski definition) is 6. The number of hydrogen-bond donors (Lipinski definition) is 0. The van der Waals surface area contributed by atoms with Crippen LogP contribution in [0, 0.1) is 4.77 Å². The second-order valence-corrected chi connectivity index (χ2v) is 8.83. The third-order valence-electron chi connectivity index (χ3n) is 5.56. The summed E-state index contributed by atoms with van der Waals surface area (Å²) in [6.45, 7) is 2.83. The molecule has 0 amide bonds. The highest BCUT2D eigenvalue weighted by molar-refractivity contribution is 7.71. The van der Waals surface area contributed by atoms with Crippen molar-refractivity contribution in [2.45, 2.75) is 44.3 Å². The third kappa shape index (κ3) is 3.28. The zero-order valence-corrected chi connectivity index (χ0v) is 17.0. The van der Waals surface area contributed by atoms with Crippen molar-refractivity contribution in [2.24, 2.45) is 7.05 Å². The second-order valence-electron chi connectivity index (χ2n) is 7.52. The second kappa shape index (κ2) is 6.96. The van der Waals surface area contributed by atoms with E-state index in [9.17, 15) is 0 Å². The van der Waals surface area contributed by atoms with Crippen molar-refractivity contribution in [3.05, 3.63) is 34.4 Å². The Morgan fingerprint density at radius 3 is 2.67 bits per heavy atom. The van der Waals surface area contributed by atoms with Crippen LogP contribution in [0.3, 0.4) is 0 Å². The van der Waals surface area contributed by atoms with Crippen LogP contribution < -0.4 is 0 Å². The predicted molar refractivity (Wildman–Crippen MR) is 107 cm³/mol. The summed E-state index contributed by atoms with van der Waals surface area (Å²) in [6.07, 6.45) is 6.41. The van der Waals surface area contributed by atoms with Crippen LogP contribution in [-0.4, -0.2) is 47.1 Å². The minimum Gasteiger partial charge on any atom is -0.320 e. The molecule has 3 aromatic rings. The summed E-state index contributed by atoms with van der Waals surface area (Å²) in [7, 11) is 2.03. The smallest absolute Gasteiger partial charge is 0.199 e. The summed E-state index contributed by atoms with van der Waals surface area (Å²) in [5.41, 5.74) is 0. The first-order chi connectivity index (χ1) is 13.2. The molecule has 4 heterocycles. The van der Waals surface area contributed by atoms with E-state index in [1.54, 1.807) is 17.7 Å². The minimum absolute atomic E-state index is 0.493. The zero-order valence-electron chi connectivity index (χ0n) is 15.4. The van der Waals surface area contributed by atoms with Crippen molar-refractivity contribution in [1.82, 2.24) is 34.0 Å². The molecular weight excluding hydrogens is 378 g/mol. The summed E-state index contributed by atoms with van der Waals surface area (Å²) in [5, 5.41) is 15.3. The molecule has 142 valence electrons. The molecule has 0 radical (unpaired) electrons. The van der Waals surface area contributed by atoms with Gasteiger partial charge in [-0.1, -0.05) is 6.07 Å². The topological polar surface area (TPSA) is 56.7 Å². The molecule has 0 bridgehead atoms. The number of aromatic nitrogens is 6. The monoisotopic (exact) mass is 401 g/mol. The van der Waals surface area contributed by atoms with Crippen LogP contribution in [-0.2, 0) is 13.7 Å². The van der Waals surface area contributed by atoms with Crippen molar-refractivity contribution in [3.8, 4) is 10.7 Å². The molecule has 2 fully saturated rings. The molecule has 1 aliphatic heterocycles. The van der Waals surface area contributed by atoms with Crippen LogP contribution in [0.25, 0.3) is 10.7 Å². The Bertz CT molecular complexity index is 972. The Morgan fingerprint density at radius 1 is 1.22 bits per heavy atom. The fourth-order valence-corrected chi connectivity index (χ4v) is 4.97. The van der Waals surface area contributed by atoms with Crippen molar-refractivity contribution in [1.29, 1.82) is 0 Å². The fourth-order valence-electron chi connectivity index (χ4n) is 3.93. The highest BCUT2D eigenvalue weighted by Gasteiger charge is 2.30. The van der Waals surface area contributed by atoms with Crippen LogP contribution >= 0.6 is 23.6 Å². The van der Waals surface area contributed by atoms with E-state index in [4.69, 9.17) is 17.3 Å². The van der Waals surface area contributed by atoms with Gasteiger partial charge in [0, 0.05) is 32.1 Å². The van der Waals surface area contributed by atoms with Gasteiger partial charge < -0.3 is 4.57 Å². The largest absolute Gasteiger partial charge is 0.320 e. The molecule has 7 nitrogen and oxygen atoms in total. The van der Waals surface area contributed by atoms with Crippen molar-refractivity contribution < 1.29 is 0 Å². The lowest BCUT2D eigenvalue weighted by atomic mass is 9.96. The van der Waals surface area contributed by atoms with Gasteiger partial charge in [-0.15, -0.1) is 26.6 Å². The van der Waals surface area contributed by atoms with Crippen molar-refractivity contribution in [3.63, 3.8) is 0 Å². The molecule has 3 aromatic heterocycles.